The molecule has 1 saturated heterocycles. The van der Waals surface area contributed by atoms with Crippen LogP contribution in [-0.2, 0) is 0 Å². The molecule has 2 atom stereocenters. The molecule has 0 aromatic rings. The Labute approximate surface area is 69.0 Å². The first kappa shape index (κ1) is 9.01. The predicted molar refractivity (Wildman–Crippen MR) is 46.6 cm³/mol. The molecular formula is C9H19NO. The van der Waals surface area contributed by atoms with Gasteiger partial charge in [-0.2, -0.15) is 0 Å². The highest BCUT2D eigenvalue weighted by atomic mass is 16.2. The van der Waals surface area contributed by atoms with E-state index in [0.717, 1.165) is 12.5 Å². The summed E-state index contributed by atoms with van der Waals surface area (Å²) in [4.78, 5) is 0. The van der Waals surface area contributed by atoms with Crippen molar-refractivity contribution >= 4 is 0 Å². The van der Waals surface area contributed by atoms with E-state index >= 15 is 0 Å². The average Bonchev–Trinajstić information content (AvgIpc) is 2.37. The Hall–Kier alpha value is -0.0800. The Kier molecular flexibility index (Phi) is 3.87. The summed E-state index contributed by atoms with van der Waals surface area (Å²) in [5.41, 5.74) is 0. The molecule has 1 aliphatic heterocycles. The van der Waals surface area contributed by atoms with Crippen molar-refractivity contribution in [1.82, 2.24) is 5.32 Å². The lowest BCUT2D eigenvalue weighted by Gasteiger charge is -2.10. The van der Waals surface area contributed by atoms with Crippen LogP contribution < -0.4 is 5.32 Å². The van der Waals surface area contributed by atoms with Crippen molar-refractivity contribution in [2.45, 2.75) is 51.1 Å². The van der Waals surface area contributed by atoms with Crippen LogP contribution in [0.4, 0.5) is 0 Å². The molecule has 0 aromatic carbocycles. The first-order valence-corrected chi connectivity index (χ1v) is 4.70. The Bertz CT molecular complexity index is 106. The van der Waals surface area contributed by atoms with Gasteiger partial charge in [0, 0.05) is 18.7 Å². The lowest BCUT2D eigenvalue weighted by molar-refractivity contribution is 0.280. The Morgan fingerprint density at radius 3 is 2.73 bits per heavy atom. The molecule has 0 spiro atoms. The molecule has 1 heterocycles. The molecule has 1 rings (SSSR count). The maximum atomic E-state index is 8.57. The van der Waals surface area contributed by atoms with Crippen LogP contribution in [-0.4, -0.2) is 23.8 Å². The molecule has 2 nitrogen and oxygen atoms in total. The Balaban J connectivity index is 1.99. The third-order valence-corrected chi connectivity index (χ3v) is 2.43. The van der Waals surface area contributed by atoms with E-state index in [0.29, 0.717) is 12.6 Å². The van der Waals surface area contributed by atoms with Gasteiger partial charge < -0.3 is 10.4 Å². The summed E-state index contributed by atoms with van der Waals surface area (Å²) in [6, 6.07) is 1.45. The van der Waals surface area contributed by atoms with E-state index in [1.807, 2.05) is 0 Å². The molecule has 11 heavy (non-hydrogen) atoms. The third kappa shape index (κ3) is 3.21. The summed E-state index contributed by atoms with van der Waals surface area (Å²) in [6.45, 7) is 2.59. The Morgan fingerprint density at radius 1 is 1.36 bits per heavy atom. The molecule has 1 aliphatic rings. The van der Waals surface area contributed by atoms with E-state index in [2.05, 4.69) is 12.2 Å². The average molecular weight is 157 g/mol. The molecule has 1 fully saturated rings. The fraction of sp³-hybridized carbons (Fsp3) is 1.00. The molecule has 2 unspecified atom stereocenters. The van der Waals surface area contributed by atoms with Crippen molar-refractivity contribution in [2.24, 2.45) is 0 Å². The van der Waals surface area contributed by atoms with Gasteiger partial charge in [0.2, 0.25) is 0 Å². The normalized spacial score (nSPS) is 31.1. The lowest BCUT2D eigenvalue weighted by Crippen LogP contribution is -2.26. The van der Waals surface area contributed by atoms with Gasteiger partial charge in [-0.15, -0.1) is 0 Å². The highest BCUT2D eigenvalue weighted by Gasteiger charge is 2.18. The van der Waals surface area contributed by atoms with Gasteiger partial charge in [-0.3, -0.25) is 0 Å². The van der Waals surface area contributed by atoms with Crippen molar-refractivity contribution < 1.29 is 5.11 Å². The summed E-state index contributed by atoms with van der Waals surface area (Å²) < 4.78 is 0. The maximum Gasteiger partial charge on any atom is 0.0431 e. The van der Waals surface area contributed by atoms with Gasteiger partial charge in [0.15, 0.2) is 0 Å². The SMILES string of the molecule is CC1CCC(CCCCO)N1. The van der Waals surface area contributed by atoms with E-state index in [-0.39, 0.29) is 0 Å². The van der Waals surface area contributed by atoms with Crippen molar-refractivity contribution in [3.8, 4) is 0 Å². The highest BCUT2D eigenvalue weighted by Crippen LogP contribution is 2.16. The minimum absolute atomic E-state index is 0.349. The van der Waals surface area contributed by atoms with Crippen LogP contribution in [0.1, 0.15) is 39.0 Å². The van der Waals surface area contributed by atoms with Gasteiger partial charge in [0.1, 0.15) is 0 Å². The first-order chi connectivity index (χ1) is 5.33. The first-order valence-electron chi connectivity index (χ1n) is 4.70. The second-order valence-corrected chi connectivity index (χ2v) is 3.56. The summed E-state index contributed by atoms with van der Waals surface area (Å²) in [5.74, 6) is 0. The van der Waals surface area contributed by atoms with Crippen LogP contribution in [0, 0.1) is 0 Å². The van der Waals surface area contributed by atoms with Gasteiger partial charge in [0.25, 0.3) is 0 Å². The van der Waals surface area contributed by atoms with E-state index in [9.17, 15) is 0 Å². The molecule has 66 valence electrons. The summed E-state index contributed by atoms with van der Waals surface area (Å²) in [7, 11) is 0. The predicted octanol–water partition coefficient (Wildman–Crippen LogP) is 1.29. The minimum atomic E-state index is 0.349. The highest BCUT2D eigenvalue weighted by molar-refractivity contribution is 4.79. The zero-order valence-electron chi connectivity index (χ0n) is 7.34. The van der Waals surface area contributed by atoms with Crippen molar-refractivity contribution in [1.29, 1.82) is 0 Å². The number of aliphatic hydroxyl groups excluding tert-OH is 1. The third-order valence-electron chi connectivity index (χ3n) is 2.43. The molecule has 0 aromatic heterocycles. The second-order valence-electron chi connectivity index (χ2n) is 3.56. The van der Waals surface area contributed by atoms with Crippen LogP contribution in [0.15, 0.2) is 0 Å². The van der Waals surface area contributed by atoms with Gasteiger partial charge >= 0.3 is 0 Å². The van der Waals surface area contributed by atoms with Crippen LogP contribution in [0.5, 0.6) is 0 Å². The fourth-order valence-electron chi connectivity index (χ4n) is 1.75. The van der Waals surface area contributed by atoms with Gasteiger partial charge in [-0.1, -0.05) is 0 Å². The zero-order valence-corrected chi connectivity index (χ0v) is 7.34. The van der Waals surface area contributed by atoms with Crippen LogP contribution in [0.25, 0.3) is 0 Å². The van der Waals surface area contributed by atoms with E-state index < -0.39 is 0 Å². The lowest BCUT2D eigenvalue weighted by atomic mass is 10.1. The molecule has 2 N–H and O–H groups in total. The fourth-order valence-corrected chi connectivity index (χ4v) is 1.75. The number of nitrogens with one attached hydrogen (secondary N) is 1. The van der Waals surface area contributed by atoms with Crippen molar-refractivity contribution in [3.63, 3.8) is 0 Å². The molecule has 0 saturated carbocycles. The summed E-state index contributed by atoms with van der Waals surface area (Å²) in [6.07, 6.45) is 6.02. The maximum absolute atomic E-state index is 8.57. The van der Waals surface area contributed by atoms with Gasteiger partial charge in [-0.05, 0) is 39.0 Å². The largest absolute Gasteiger partial charge is 0.396 e. The minimum Gasteiger partial charge on any atom is -0.396 e. The number of hydrogen-bond acceptors (Lipinski definition) is 2. The van der Waals surface area contributed by atoms with Crippen LogP contribution in [0.3, 0.4) is 0 Å². The number of aliphatic hydroxyl groups is 1. The summed E-state index contributed by atoms with van der Waals surface area (Å²) >= 11 is 0. The molecule has 0 bridgehead atoms. The molecule has 2 heteroatoms. The summed E-state index contributed by atoms with van der Waals surface area (Å²) in [5, 5.41) is 12.1. The standard InChI is InChI=1S/C9H19NO/c1-8-5-6-9(10-8)4-2-3-7-11/h8-11H,2-7H2,1H3. The quantitative estimate of drug-likeness (QED) is 0.603. The number of hydrogen-bond donors (Lipinski definition) is 2. The van der Waals surface area contributed by atoms with Gasteiger partial charge in [-0.25, -0.2) is 0 Å². The van der Waals surface area contributed by atoms with Crippen LogP contribution in [0.2, 0.25) is 0 Å². The van der Waals surface area contributed by atoms with E-state index in [4.69, 9.17) is 5.11 Å². The Morgan fingerprint density at radius 2 is 2.18 bits per heavy atom. The molecular weight excluding hydrogens is 138 g/mol. The van der Waals surface area contributed by atoms with Crippen molar-refractivity contribution in [3.05, 3.63) is 0 Å². The molecule has 0 radical (unpaired) electrons. The van der Waals surface area contributed by atoms with Gasteiger partial charge in [0.05, 0.1) is 0 Å². The monoisotopic (exact) mass is 157 g/mol. The number of rotatable bonds is 4. The topological polar surface area (TPSA) is 32.3 Å². The van der Waals surface area contributed by atoms with Crippen LogP contribution >= 0.6 is 0 Å². The van der Waals surface area contributed by atoms with Crippen molar-refractivity contribution in [2.75, 3.05) is 6.61 Å². The van der Waals surface area contributed by atoms with E-state index in [1.54, 1.807) is 0 Å². The zero-order chi connectivity index (χ0) is 8.10. The smallest absolute Gasteiger partial charge is 0.0431 e. The number of unbranched alkanes of at least 4 members (excludes halogenated alkanes) is 1. The molecule has 0 aliphatic carbocycles. The second kappa shape index (κ2) is 4.73. The molecule has 0 amide bonds. The van der Waals surface area contributed by atoms with E-state index in [1.165, 1.54) is 25.7 Å².